The van der Waals surface area contributed by atoms with Gasteiger partial charge in [-0.05, 0) is 37.5 Å². The highest BCUT2D eigenvalue weighted by Gasteiger charge is 2.22. The monoisotopic (exact) mass is 304 g/mol. The topological polar surface area (TPSA) is 67.4 Å². The first-order valence-electron chi connectivity index (χ1n) is 7.89. The van der Waals surface area contributed by atoms with Crippen molar-refractivity contribution in [3.63, 3.8) is 0 Å². The highest BCUT2D eigenvalue weighted by Crippen LogP contribution is 2.24. The maximum absolute atomic E-state index is 11.8. The van der Waals surface area contributed by atoms with E-state index >= 15 is 0 Å². The standard InChI is InChI=1S/C17H24N2O3/c1-13-5-4-8-15(11-13)22-10-9-18-16(20)12-19-17(21)14-6-2-3-7-14/h4-5,8,11,14H,2-3,6-7,9-10,12H2,1H3,(H,18,20)(H,19,21). The lowest BCUT2D eigenvalue weighted by Gasteiger charge is -2.11. The van der Waals surface area contributed by atoms with Crippen molar-refractivity contribution in [2.45, 2.75) is 32.6 Å². The Morgan fingerprint density at radius 3 is 2.73 bits per heavy atom. The Labute approximate surface area is 131 Å². The average molecular weight is 304 g/mol. The van der Waals surface area contributed by atoms with E-state index in [-0.39, 0.29) is 24.3 Å². The van der Waals surface area contributed by atoms with Gasteiger partial charge in [0.25, 0.3) is 0 Å². The van der Waals surface area contributed by atoms with Crippen LogP contribution in [0, 0.1) is 12.8 Å². The number of carbonyl (C=O) groups is 2. The van der Waals surface area contributed by atoms with E-state index in [4.69, 9.17) is 4.74 Å². The minimum absolute atomic E-state index is 0.00339. The molecular formula is C17H24N2O3. The summed E-state index contributed by atoms with van der Waals surface area (Å²) >= 11 is 0. The number of nitrogens with one attached hydrogen (secondary N) is 2. The Hall–Kier alpha value is -2.04. The molecule has 0 bridgehead atoms. The van der Waals surface area contributed by atoms with E-state index in [1.165, 1.54) is 0 Å². The molecule has 22 heavy (non-hydrogen) atoms. The third-order valence-corrected chi connectivity index (χ3v) is 3.83. The minimum atomic E-state index is -0.181. The van der Waals surface area contributed by atoms with Gasteiger partial charge in [-0.1, -0.05) is 25.0 Å². The van der Waals surface area contributed by atoms with E-state index in [1.54, 1.807) is 0 Å². The first-order valence-corrected chi connectivity index (χ1v) is 7.89. The summed E-state index contributed by atoms with van der Waals surface area (Å²) in [6, 6.07) is 7.77. The number of hydrogen-bond donors (Lipinski definition) is 2. The van der Waals surface area contributed by atoms with Gasteiger partial charge in [-0.15, -0.1) is 0 Å². The summed E-state index contributed by atoms with van der Waals surface area (Å²) in [6.07, 6.45) is 4.11. The molecule has 0 aromatic heterocycles. The number of rotatable bonds is 7. The van der Waals surface area contributed by atoms with E-state index in [1.807, 2.05) is 31.2 Å². The molecule has 1 aromatic rings. The quantitative estimate of drug-likeness (QED) is 0.755. The molecule has 1 aliphatic rings. The number of ether oxygens (including phenoxy) is 1. The van der Waals surface area contributed by atoms with Gasteiger partial charge >= 0.3 is 0 Å². The Balaban J connectivity index is 1.56. The second-order valence-electron chi connectivity index (χ2n) is 5.71. The Bertz CT molecular complexity index is 510. The number of aryl methyl sites for hydroxylation is 1. The van der Waals surface area contributed by atoms with Crippen LogP contribution in [0.5, 0.6) is 5.75 Å². The zero-order chi connectivity index (χ0) is 15.8. The molecule has 1 aliphatic carbocycles. The highest BCUT2D eigenvalue weighted by atomic mass is 16.5. The molecule has 0 spiro atoms. The minimum Gasteiger partial charge on any atom is -0.492 e. The molecule has 2 amide bonds. The zero-order valence-electron chi connectivity index (χ0n) is 13.1. The summed E-state index contributed by atoms with van der Waals surface area (Å²) in [7, 11) is 0. The van der Waals surface area contributed by atoms with Crippen molar-refractivity contribution >= 4 is 11.8 Å². The lowest BCUT2D eigenvalue weighted by Crippen LogP contribution is -2.40. The molecule has 2 rings (SSSR count). The van der Waals surface area contributed by atoms with E-state index in [2.05, 4.69) is 10.6 Å². The molecule has 120 valence electrons. The molecule has 5 nitrogen and oxygen atoms in total. The van der Waals surface area contributed by atoms with Crippen molar-refractivity contribution in [2.24, 2.45) is 5.92 Å². The molecule has 0 saturated heterocycles. The van der Waals surface area contributed by atoms with Crippen molar-refractivity contribution in [1.29, 1.82) is 0 Å². The lowest BCUT2D eigenvalue weighted by molar-refractivity contribution is -0.128. The number of carbonyl (C=O) groups excluding carboxylic acids is 2. The van der Waals surface area contributed by atoms with Gasteiger partial charge in [0.15, 0.2) is 0 Å². The van der Waals surface area contributed by atoms with Crippen molar-refractivity contribution in [3.8, 4) is 5.75 Å². The molecule has 1 fully saturated rings. The van der Waals surface area contributed by atoms with Gasteiger partial charge in [0, 0.05) is 5.92 Å². The van der Waals surface area contributed by atoms with Crippen LogP contribution in [0.4, 0.5) is 0 Å². The van der Waals surface area contributed by atoms with Crippen LogP contribution in [-0.4, -0.2) is 31.5 Å². The number of benzene rings is 1. The molecule has 1 saturated carbocycles. The van der Waals surface area contributed by atoms with Crippen LogP contribution in [0.3, 0.4) is 0 Å². The van der Waals surface area contributed by atoms with Crippen LogP contribution in [-0.2, 0) is 9.59 Å². The fraction of sp³-hybridized carbons (Fsp3) is 0.529. The van der Waals surface area contributed by atoms with E-state index in [9.17, 15) is 9.59 Å². The molecule has 0 heterocycles. The predicted molar refractivity (Wildman–Crippen MR) is 84.7 cm³/mol. The van der Waals surface area contributed by atoms with Crippen LogP contribution in [0.25, 0.3) is 0 Å². The SMILES string of the molecule is Cc1cccc(OCCNC(=O)CNC(=O)C2CCCC2)c1. The maximum atomic E-state index is 11.8. The van der Waals surface area contributed by atoms with Gasteiger partial charge in [0.05, 0.1) is 13.1 Å². The van der Waals surface area contributed by atoms with Gasteiger partial charge in [-0.25, -0.2) is 0 Å². The summed E-state index contributed by atoms with van der Waals surface area (Å²) in [5.41, 5.74) is 1.14. The third kappa shape index (κ3) is 5.39. The highest BCUT2D eigenvalue weighted by molar-refractivity contribution is 5.85. The molecule has 0 atom stereocenters. The lowest BCUT2D eigenvalue weighted by atomic mass is 10.1. The molecule has 5 heteroatoms. The summed E-state index contributed by atoms with van der Waals surface area (Å²) < 4.78 is 5.54. The van der Waals surface area contributed by atoms with Crippen LogP contribution >= 0.6 is 0 Å². The molecular weight excluding hydrogens is 280 g/mol. The maximum Gasteiger partial charge on any atom is 0.239 e. The third-order valence-electron chi connectivity index (χ3n) is 3.83. The average Bonchev–Trinajstić information content (AvgIpc) is 3.04. The summed E-state index contributed by atoms with van der Waals surface area (Å²) in [5.74, 6) is 0.712. The normalized spacial score (nSPS) is 14.6. The number of hydrogen-bond acceptors (Lipinski definition) is 3. The van der Waals surface area contributed by atoms with Crippen molar-refractivity contribution < 1.29 is 14.3 Å². The summed E-state index contributed by atoms with van der Waals surface area (Å²) in [6.45, 7) is 2.87. The Morgan fingerprint density at radius 2 is 2.00 bits per heavy atom. The largest absolute Gasteiger partial charge is 0.492 e. The first-order chi connectivity index (χ1) is 10.6. The van der Waals surface area contributed by atoms with Gasteiger partial charge in [0.2, 0.25) is 11.8 Å². The van der Waals surface area contributed by atoms with Crippen LogP contribution in [0.2, 0.25) is 0 Å². The zero-order valence-corrected chi connectivity index (χ0v) is 13.1. The fourth-order valence-electron chi connectivity index (χ4n) is 2.63. The van der Waals surface area contributed by atoms with E-state index in [0.717, 1.165) is 37.0 Å². The first kappa shape index (κ1) is 16.3. The van der Waals surface area contributed by atoms with Crippen molar-refractivity contribution in [2.75, 3.05) is 19.7 Å². The van der Waals surface area contributed by atoms with Crippen LogP contribution < -0.4 is 15.4 Å². The molecule has 0 unspecified atom stereocenters. The second-order valence-corrected chi connectivity index (χ2v) is 5.71. The Morgan fingerprint density at radius 1 is 1.23 bits per heavy atom. The van der Waals surface area contributed by atoms with Gasteiger partial charge in [0.1, 0.15) is 12.4 Å². The van der Waals surface area contributed by atoms with Crippen molar-refractivity contribution in [1.82, 2.24) is 10.6 Å². The van der Waals surface area contributed by atoms with E-state index in [0.29, 0.717) is 13.2 Å². The Kier molecular flexibility index (Phi) is 6.25. The molecule has 0 aliphatic heterocycles. The molecule has 2 N–H and O–H groups in total. The van der Waals surface area contributed by atoms with Crippen molar-refractivity contribution in [3.05, 3.63) is 29.8 Å². The molecule has 1 aromatic carbocycles. The number of amides is 2. The molecule has 0 radical (unpaired) electrons. The van der Waals surface area contributed by atoms with Crippen LogP contribution in [0.15, 0.2) is 24.3 Å². The van der Waals surface area contributed by atoms with Gasteiger partial charge in [-0.2, -0.15) is 0 Å². The predicted octanol–water partition coefficient (Wildman–Crippen LogP) is 1.80. The van der Waals surface area contributed by atoms with Crippen LogP contribution in [0.1, 0.15) is 31.2 Å². The second kappa shape index (κ2) is 8.41. The summed E-state index contributed by atoms with van der Waals surface area (Å²) in [4.78, 5) is 23.4. The smallest absolute Gasteiger partial charge is 0.239 e. The summed E-state index contributed by atoms with van der Waals surface area (Å²) in [5, 5.41) is 5.43. The van der Waals surface area contributed by atoms with E-state index < -0.39 is 0 Å². The van der Waals surface area contributed by atoms with Gasteiger partial charge in [-0.3, -0.25) is 9.59 Å². The fourth-order valence-corrected chi connectivity index (χ4v) is 2.63. The van der Waals surface area contributed by atoms with Gasteiger partial charge < -0.3 is 15.4 Å².